The lowest BCUT2D eigenvalue weighted by Gasteiger charge is -2.35. The number of hydrogen-bond acceptors (Lipinski definition) is 10. The summed E-state index contributed by atoms with van der Waals surface area (Å²) in [6.45, 7) is 9.23. The summed E-state index contributed by atoms with van der Waals surface area (Å²) in [5, 5.41) is 9.85. The molecule has 1 aliphatic carbocycles. The van der Waals surface area contributed by atoms with Crippen molar-refractivity contribution in [1.29, 1.82) is 0 Å². The molecule has 1 aromatic carbocycles. The maximum atomic E-state index is 12.8. The summed E-state index contributed by atoms with van der Waals surface area (Å²) in [5.74, 6) is 2.50. The molecule has 11 nitrogen and oxygen atoms in total. The van der Waals surface area contributed by atoms with Gasteiger partial charge in [-0.25, -0.2) is 20.9 Å². The van der Waals surface area contributed by atoms with Gasteiger partial charge in [-0.1, -0.05) is 38.1 Å². The number of Topliss-reactive ketones (excluding diaryl/α,β-unsaturated/α-hetero) is 2. The highest BCUT2D eigenvalue weighted by molar-refractivity contribution is 6.26. The van der Waals surface area contributed by atoms with Crippen LogP contribution in [0.2, 0.25) is 0 Å². The molecule has 0 unspecified atom stereocenters. The van der Waals surface area contributed by atoms with E-state index in [0.717, 1.165) is 45.0 Å². The molecule has 1 aromatic heterocycles. The first-order chi connectivity index (χ1) is 18.3. The number of fused-ring (bicyclic) bond motifs is 1. The third-order valence-corrected chi connectivity index (χ3v) is 6.34. The van der Waals surface area contributed by atoms with Gasteiger partial charge in [0.15, 0.2) is 0 Å². The minimum atomic E-state index is -0.345. The Balaban J connectivity index is 0.00000195. The van der Waals surface area contributed by atoms with Gasteiger partial charge in [-0.2, -0.15) is 0 Å². The van der Waals surface area contributed by atoms with Crippen molar-refractivity contribution in [1.82, 2.24) is 15.2 Å². The number of nitrogens with two attached hydrogens (primary N) is 1. The van der Waals surface area contributed by atoms with E-state index in [1.54, 1.807) is 36.5 Å². The zero-order valence-electron chi connectivity index (χ0n) is 22.0. The molecule has 1 aliphatic heterocycles. The minimum absolute atomic E-state index is 0.0148. The molecule has 0 saturated carbocycles. The normalized spacial score (nSPS) is 15.7. The van der Waals surface area contributed by atoms with Gasteiger partial charge in [0.1, 0.15) is 17.2 Å². The van der Waals surface area contributed by atoms with Gasteiger partial charge < -0.3 is 20.7 Å². The Kier molecular flexibility index (Phi) is 10.3. The van der Waals surface area contributed by atoms with Crippen molar-refractivity contribution in [3.8, 4) is 0 Å². The Morgan fingerprint density at radius 3 is 2.34 bits per heavy atom. The number of rotatable bonds is 9. The number of allylic oxidation sites excluding steroid dienone is 2. The molecule has 1 saturated heterocycles. The van der Waals surface area contributed by atoms with Crippen LogP contribution in [0.3, 0.4) is 0 Å². The quantitative estimate of drug-likeness (QED) is 0.210. The van der Waals surface area contributed by atoms with Gasteiger partial charge in [-0.15, -0.1) is 0 Å². The topological polar surface area (TPSA) is 166 Å². The van der Waals surface area contributed by atoms with Crippen molar-refractivity contribution in [2.24, 2.45) is 11.7 Å². The molecule has 0 atom stereocenters. The van der Waals surface area contributed by atoms with Crippen molar-refractivity contribution >= 4 is 23.4 Å². The number of nitrogens with one attached hydrogen (secondary N) is 1. The molecule has 11 heteroatoms. The van der Waals surface area contributed by atoms with E-state index in [0.29, 0.717) is 35.8 Å². The van der Waals surface area contributed by atoms with Crippen molar-refractivity contribution in [2.75, 3.05) is 50.8 Å². The fraction of sp³-hybridized carbons (Fsp3) is 0.407. The number of aromatic nitrogens is 1. The van der Waals surface area contributed by atoms with Crippen LogP contribution >= 0.6 is 0 Å². The molecule has 38 heavy (non-hydrogen) atoms. The Hall–Kier alpha value is -3.80. The van der Waals surface area contributed by atoms with Crippen molar-refractivity contribution < 1.29 is 30.2 Å². The number of anilines is 1. The third-order valence-electron chi connectivity index (χ3n) is 6.34. The van der Waals surface area contributed by atoms with Crippen LogP contribution in [0.1, 0.15) is 51.3 Å². The molecule has 204 valence electrons. The molecular weight excluding hydrogens is 488 g/mol. The maximum absolute atomic E-state index is 12.8. The second kappa shape index (κ2) is 13.7. The zero-order chi connectivity index (χ0) is 27.7. The third kappa shape index (κ3) is 6.94. The number of carbonyl (C=O) groups excluding carboxylic acids is 3. The summed E-state index contributed by atoms with van der Waals surface area (Å²) in [6, 6.07) is 10.4. The van der Waals surface area contributed by atoms with Crippen LogP contribution in [-0.2, 0) is 4.74 Å². The molecule has 0 bridgehead atoms. The van der Waals surface area contributed by atoms with E-state index in [-0.39, 0.29) is 28.9 Å². The number of carbonyl (C=O) groups is 3. The number of quaternary nitrogens is 1. The van der Waals surface area contributed by atoms with E-state index in [9.17, 15) is 14.4 Å². The molecule has 2 aliphatic rings. The average molecular weight is 526 g/mol. The maximum Gasteiger partial charge on any atom is 0.339 e. The van der Waals surface area contributed by atoms with Crippen LogP contribution in [0.25, 0.3) is 0 Å². The summed E-state index contributed by atoms with van der Waals surface area (Å²) in [4.78, 5) is 46.3. The molecule has 7 N–H and O–H groups in total. The summed E-state index contributed by atoms with van der Waals surface area (Å²) in [6.07, 6.45) is 2.39. The van der Waals surface area contributed by atoms with Crippen LogP contribution in [-0.4, -0.2) is 78.5 Å². The number of pyridine rings is 1. The highest BCUT2D eigenvalue weighted by Gasteiger charge is 2.30. The van der Waals surface area contributed by atoms with Gasteiger partial charge in [0, 0.05) is 50.0 Å². The monoisotopic (exact) mass is 525 g/mol. The van der Waals surface area contributed by atoms with Gasteiger partial charge in [0.2, 0.25) is 11.6 Å². The Morgan fingerprint density at radius 2 is 1.74 bits per heavy atom. The number of hydrogen-bond donors (Lipinski definition) is 4. The predicted octanol–water partition coefficient (Wildman–Crippen LogP) is 0.863. The molecule has 2 aromatic rings. The fourth-order valence-electron chi connectivity index (χ4n) is 4.31. The van der Waals surface area contributed by atoms with E-state index < -0.39 is 0 Å². The summed E-state index contributed by atoms with van der Waals surface area (Å²) in [5.41, 5.74) is 7.37. The second-order valence-corrected chi connectivity index (χ2v) is 9.50. The highest BCUT2D eigenvalue weighted by atomic mass is 16.5. The number of piperazine rings is 1. The van der Waals surface area contributed by atoms with Gasteiger partial charge in [-0.05, 0) is 31.0 Å². The van der Waals surface area contributed by atoms with Gasteiger partial charge >= 0.3 is 5.97 Å². The molecule has 2 heterocycles. The molecule has 0 amide bonds. The fourth-order valence-corrected chi connectivity index (χ4v) is 4.31. The lowest BCUT2D eigenvalue weighted by molar-refractivity contribution is -0.670. The van der Waals surface area contributed by atoms with Crippen LogP contribution in [0.15, 0.2) is 54.0 Å². The predicted molar refractivity (Wildman–Crippen MR) is 142 cm³/mol. The summed E-state index contributed by atoms with van der Waals surface area (Å²) >= 11 is 0. The first-order valence-electron chi connectivity index (χ1n) is 12.7. The molecule has 0 radical (unpaired) electrons. The molecule has 0 spiro atoms. The number of ether oxygens (including phenoxy) is 1. The number of esters is 1. The van der Waals surface area contributed by atoms with E-state index in [4.69, 9.17) is 15.7 Å². The van der Waals surface area contributed by atoms with Gasteiger partial charge in [-0.3, -0.25) is 14.5 Å². The van der Waals surface area contributed by atoms with Gasteiger partial charge in [0.25, 0.3) is 0 Å². The minimum Gasteiger partial charge on any atom is -0.462 e. The van der Waals surface area contributed by atoms with Crippen LogP contribution < -0.4 is 21.8 Å². The SMILES string of the molecule is CC(C)COC(=O)c1ccc(N2CCN(CCCNC3=C(N)C(=O)c4ccccc4C3=O)CC2)nc1.[NH3+]O. The van der Waals surface area contributed by atoms with Gasteiger partial charge in [0.05, 0.1) is 12.2 Å². The number of ketones is 2. The van der Waals surface area contributed by atoms with E-state index in [1.807, 2.05) is 19.9 Å². The summed E-state index contributed by atoms with van der Waals surface area (Å²) in [7, 11) is 0. The largest absolute Gasteiger partial charge is 0.462 e. The van der Waals surface area contributed by atoms with E-state index in [1.165, 1.54) is 0 Å². The Labute approximate surface area is 222 Å². The van der Waals surface area contributed by atoms with E-state index in [2.05, 4.69) is 26.0 Å². The van der Waals surface area contributed by atoms with Crippen LogP contribution in [0.5, 0.6) is 0 Å². The van der Waals surface area contributed by atoms with E-state index >= 15 is 0 Å². The van der Waals surface area contributed by atoms with Crippen molar-refractivity contribution in [2.45, 2.75) is 20.3 Å². The van der Waals surface area contributed by atoms with Crippen molar-refractivity contribution in [3.05, 3.63) is 70.7 Å². The highest BCUT2D eigenvalue weighted by Crippen LogP contribution is 2.22. The van der Waals surface area contributed by atoms with Crippen LogP contribution in [0.4, 0.5) is 5.82 Å². The number of benzene rings is 1. The van der Waals surface area contributed by atoms with Crippen LogP contribution in [0, 0.1) is 5.92 Å². The molecular formula is C27H37N6O5+. The number of nitrogens with zero attached hydrogens (tertiary/aromatic N) is 3. The zero-order valence-corrected chi connectivity index (χ0v) is 22.0. The second-order valence-electron chi connectivity index (χ2n) is 9.50. The average Bonchev–Trinajstić information content (AvgIpc) is 2.95. The Morgan fingerprint density at radius 1 is 1.08 bits per heavy atom. The molecule has 4 rings (SSSR count). The first-order valence-corrected chi connectivity index (χ1v) is 12.7. The standard InChI is InChI=1S/C27H33N5O4.H4NO/c1-18(2)17-36-27(35)19-8-9-22(30-16-19)32-14-12-31(13-15-32)11-5-10-29-24-23(28)25(33)20-6-3-4-7-21(20)26(24)34;1-2/h3-4,6-9,16,18,29H,5,10-15,17,28H2,1-2H3;2H,1H3/q;+1. The smallest absolute Gasteiger partial charge is 0.339 e. The lowest BCUT2D eigenvalue weighted by atomic mass is 9.90. The Bertz CT molecular complexity index is 1160. The summed E-state index contributed by atoms with van der Waals surface area (Å²) < 4.78 is 5.26. The first kappa shape index (κ1) is 28.8. The molecule has 1 fully saturated rings. The lowest BCUT2D eigenvalue weighted by Crippen LogP contribution is -2.47. The van der Waals surface area contributed by atoms with Crippen molar-refractivity contribution in [3.63, 3.8) is 0 Å².